The molecule has 1 unspecified atom stereocenters. The molecule has 0 saturated carbocycles. The van der Waals surface area contributed by atoms with Gasteiger partial charge in [0.2, 0.25) is 0 Å². The Balaban J connectivity index is 2.87. The van der Waals surface area contributed by atoms with Crippen LogP contribution in [0, 0.1) is 0 Å². The second kappa shape index (κ2) is 6.79. The molecule has 9 heteroatoms. The number of carboxylic acid groups (broad SMARTS) is 1. The lowest BCUT2D eigenvalue weighted by Gasteiger charge is -2.16. The number of carboxylic acids is 1. The van der Waals surface area contributed by atoms with Gasteiger partial charge in [-0.3, -0.25) is 4.79 Å². The van der Waals surface area contributed by atoms with Crippen LogP contribution in [0.5, 0.6) is 5.75 Å². The topological polar surface area (TPSA) is 75.6 Å². The van der Waals surface area contributed by atoms with Crippen molar-refractivity contribution < 1.29 is 32.6 Å². The summed E-state index contributed by atoms with van der Waals surface area (Å²) in [7, 11) is 1.41. The van der Waals surface area contributed by atoms with Gasteiger partial charge in [0.1, 0.15) is 11.8 Å². The fourth-order valence-electron chi connectivity index (χ4n) is 1.48. The Kier molecular flexibility index (Phi) is 5.59. The van der Waals surface area contributed by atoms with Gasteiger partial charge in [-0.2, -0.15) is 13.2 Å². The van der Waals surface area contributed by atoms with E-state index in [1.54, 1.807) is 0 Å². The number of carbonyl (C=O) groups is 2. The molecule has 0 bridgehead atoms. The molecule has 0 aromatic heterocycles. The number of aliphatic carboxylic acids is 1. The second-order valence-electron chi connectivity index (χ2n) is 4.03. The van der Waals surface area contributed by atoms with Crippen LogP contribution in [0.4, 0.5) is 13.2 Å². The molecule has 0 spiro atoms. The van der Waals surface area contributed by atoms with Crippen LogP contribution in [0.2, 0.25) is 0 Å². The van der Waals surface area contributed by atoms with E-state index in [9.17, 15) is 22.8 Å². The summed E-state index contributed by atoms with van der Waals surface area (Å²) in [6.07, 6.45) is -6.35. The largest absolute Gasteiger partial charge is 0.496 e. The summed E-state index contributed by atoms with van der Waals surface area (Å²) >= 11 is 3.12. The molecule has 0 aliphatic rings. The highest BCUT2D eigenvalue weighted by Gasteiger charge is 2.36. The van der Waals surface area contributed by atoms with Crippen molar-refractivity contribution in [3.05, 3.63) is 28.2 Å². The predicted octanol–water partition coefficient (Wildman–Crippen LogP) is 2.59. The molecule has 1 rings (SSSR count). The van der Waals surface area contributed by atoms with E-state index in [0.717, 1.165) is 0 Å². The fraction of sp³-hybridized carbons (Fsp3) is 0.333. The van der Waals surface area contributed by atoms with Gasteiger partial charge in [-0.1, -0.05) is 0 Å². The van der Waals surface area contributed by atoms with Gasteiger partial charge >= 0.3 is 12.1 Å². The van der Waals surface area contributed by atoms with Gasteiger partial charge in [-0.15, -0.1) is 0 Å². The molecular weight excluding hydrogens is 359 g/mol. The number of rotatable bonds is 5. The number of carbonyl (C=O) groups excluding carboxylic acids is 1. The van der Waals surface area contributed by atoms with Gasteiger partial charge in [0, 0.05) is 5.56 Å². The van der Waals surface area contributed by atoms with Gasteiger partial charge in [0.25, 0.3) is 5.91 Å². The molecule has 0 radical (unpaired) electrons. The number of nitrogens with one attached hydrogen (secondary N) is 1. The summed E-state index contributed by atoms with van der Waals surface area (Å²) in [5.74, 6) is -2.25. The Morgan fingerprint density at radius 2 is 2.05 bits per heavy atom. The molecule has 0 aliphatic carbocycles. The highest BCUT2D eigenvalue weighted by Crippen LogP contribution is 2.26. The van der Waals surface area contributed by atoms with Crippen LogP contribution in [0.3, 0.4) is 0 Å². The zero-order valence-corrected chi connectivity index (χ0v) is 12.3. The van der Waals surface area contributed by atoms with E-state index in [1.165, 1.54) is 25.3 Å². The monoisotopic (exact) mass is 369 g/mol. The van der Waals surface area contributed by atoms with Crippen LogP contribution < -0.4 is 10.1 Å². The summed E-state index contributed by atoms with van der Waals surface area (Å²) < 4.78 is 42.1. The Bertz CT molecular complexity index is 548. The van der Waals surface area contributed by atoms with Crippen molar-refractivity contribution >= 4 is 27.8 Å². The van der Waals surface area contributed by atoms with E-state index in [2.05, 4.69) is 15.9 Å². The number of alkyl halides is 3. The van der Waals surface area contributed by atoms with Gasteiger partial charge < -0.3 is 15.2 Å². The summed E-state index contributed by atoms with van der Waals surface area (Å²) in [6.45, 7) is 0. The Labute approximate surface area is 126 Å². The first kappa shape index (κ1) is 17.3. The van der Waals surface area contributed by atoms with Gasteiger partial charge in [-0.25, -0.2) is 4.79 Å². The molecule has 1 atom stereocenters. The fourth-order valence-corrected chi connectivity index (χ4v) is 2.02. The molecule has 1 amide bonds. The minimum atomic E-state index is -4.70. The molecule has 2 N–H and O–H groups in total. The highest BCUT2D eigenvalue weighted by atomic mass is 79.9. The van der Waals surface area contributed by atoms with Crippen molar-refractivity contribution in [3.8, 4) is 5.75 Å². The van der Waals surface area contributed by atoms with Crippen molar-refractivity contribution in [2.45, 2.75) is 18.6 Å². The maximum atomic E-state index is 12.2. The zero-order chi connectivity index (χ0) is 16.2. The Morgan fingerprint density at radius 1 is 1.43 bits per heavy atom. The molecule has 0 heterocycles. The van der Waals surface area contributed by atoms with Gasteiger partial charge in [-0.05, 0) is 34.1 Å². The quantitative estimate of drug-likeness (QED) is 0.836. The van der Waals surface area contributed by atoms with E-state index >= 15 is 0 Å². The predicted molar refractivity (Wildman–Crippen MR) is 70.3 cm³/mol. The van der Waals surface area contributed by atoms with Crippen molar-refractivity contribution in [2.24, 2.45) is 0 Å². The molecular formula is C12H11BrF3NO4. The van der Waals surface area contributed by atoms with E-state index in [1.807, 2.05) is 5.32 Å². The van der Waals surface area contributed by atoms with Gasteiger partial charge in [0.15, 0.2) is 0 Å². The zero-order valence-electron chi connectivity index (χ0n) is 10.7. The number of hydrogen-bond donors (Lipinski definition) is 2. The number of benzene rings is 1. The maximum Gasteiger partial charge on any atom is 0.391 e. The van der Waals surface area contributed by atoms with Crippen molar-refractivity contribution in [3.63, 3.8) is 0 Å². The van der Waals surface area contributed by atoms with Crippen LogP contribution >= 0.6 is 15.9 Å². The Hall–Kier alpha value is -1.77. The Morgan fingerprint density at radius 3 is 2.48 bits per heavy atom. The second-order valence-corrected chi connectivity index (χ2v) is 4.89. The van der Waals surface area contributed by atoms with Crippen molar-refractivity contribution in [1.82, 2.24) is 5.32 Å². The summed E-state index contributed by atoms with van der Waals surface area (Å²) in [5, 5.41) is 10.6. The van der Waals surface area contributed by atoms with Crippen LogP contribution in [0.15, 0.2) is 22.7 Å². The van der Waals surface area contributed by atoms with Gasteiger partial charge in [0.05, 0.1) is 18.0 Å². The number of halogens is 4. The molecule has 1 aromatic carbocycles. The van der Waals surface area contributed by atoms with E-state index in [0.29, 0.717) is 10.2 Å². The summed E-state index contributed by atoms with van der Waals surface area (Å²) in [6, 6.07) is 2.02. The number of methoxy groups -OCH3 is 1. The van der Waals surface area contributed by atoms with Crippen molar-refractivity contribution in [1.29, 1.82) is 0 Å². The van der Waals surface area contributed by atoms with E-state index in [4.69, 9.17) is 9.84 Å². The lowest BCUT2D eigenvalue weighted by atomic mass is 10.1. The third kappa shape index (κ3) is 5.25. The number of hydrogen-bond acceptors (Lipinski definition) is 3. The molecule has 116 valence electrons. The molecule has 21 heavy (non-hydrogen) atoms. The SMILES string of the molecule is COc1ccc(C(=O)NC(CC(F)(F)F)C(=O)O)cc1Br. The minimum Gasteiger partial charge on any atom is -0.496 e. The molecule has 0 aliphatic heterocycles. The molecule has 1 aromatic rings. The first-order chi connectivity index (χ1) is 9.64. The van der Waals surface area contributed by atoms with Crippen LogP contribution in [0.1, 0.15) is 16.8 Å². The first-order valence-corrected chi connectivity index (χ1v) is 6.37. The van der Waals surface area contributed by atoms with Crippen molar-refractivity contribution in [2.75, 3.05) is 7.11 Å². The summed E-state index contributed by atoms with van der Waals surface area (Å²) in [5.41, 5.74) is 0.0103. The normalized spacial score (nSPS) is 12.6. The standard InChI is InChI=1S/C12H11BrF3NO4/c1-21-9-3-2-6(4-7(9)13)10(18)17-8(11(19)20)5-12(14,15)16/h2-4,8H,5H2,1H3,(H,17,18)(H,19,20). The third-order valence-corrected chi connectivity index (χ3v) is 3.07. The molecule has 0 fully saturated rings. The number of amides is 1. The van der Waals surface area contributed by atoms with E-state index in [-0.39, 0.29) is 5.56 Å². The molecule has 0 saturated heterocycles. The number of ether oxygens (including phenoxy) is 1. The third-order valence-electron chi connectivity index (χ3n) is 2.45. The highest BCUT2D eigenvalue weighted by molar-refractivity contribution is 9.10. The average Bonchev–Trinajstić information content (AvgIpc) is 2.36. The average molecular weight is 370 g/mol. The lowest BCUT2D eigenvalue weighted by Crippen LogP contribution is -2.43. The minimum absolute atomic E-state index is 0.0103. The van der Waals surface area contributed by atoms with Crippen LogP contribution in [0.25, 0.3) is 0 Å². The molecule has 5 nitrogen and oxygen atoms in total. The van der Waals surface area contributed by atoms with Crippen LogP contribution in [-0.2, 0) is 4.79 Å². The maximum absolute atomic E-state index is 12.2. The summed E-state index contributed by atoms with van der Waals surface area (Å²) in [4.78, 5) is 22.6. The smallest absolute Gasteiger partial charge is 0.391 e. The lowest BCUT2D eigenvalue weighted by molar-refractivity contribution is -0.157. The van der Waals surface area contributed by atoms with Crippen LogP contribution in [-0.4, -0.2) is 36.3 Å². The van der Waals surface area contributed by atoms with E-state index < -0.39 is 30.5 Å². The first-order valence-electron chi connectivity index (χ1n) is 5.58.